The number of ether oxygens (including phenoxy) is 1. The third kappa shape index (κ3) is 2.71. The van der Waals surface area contributed by atoms with Gasteiger partial charge in [0.15, 0.2) is 0 Å². The molecule has 0 spiro atoms. The van der Waals surface area contributed by atoms with Gasteiger partial charge in [-0.3, -0.25) is 4.79 Å². The molecular formula is C11H12ClFO3. The Labute approximate surface area is 97.8 Å². The van der Waals surface area contributed by atoms with E-state index in [2.05, 4.69) is 0 Å². The van der Waals surface area contributed by atoms with E-state index in [0.717, 1.165) is 0 Å². The largest absolute Gasteiger partial charge is 0.465 e. The van der Waals surface area contributed by atoms with E-state index in [0.29, 0.717) is 0 Å². The summed E-state index contributed by atoms with van der Waals surface area (Å²) in [4.78, 5) is 11.5. The highest BCUT2D eigenvalue weighted by Gasteiger charge is 2.26. The van der Waals surface area contributed by atoms with Gasteiger partial charge in [0.05, 0.1) is 13.2 Å². The van der Waals surface area contributed by atoms with Crippen molar-refractivity contribution in [1.29, 1.82) is 0 Å². The molecule has 0 saturated heterocycles. The molecule has 0 aliphatic heterocycles. The number of aliphatic hydroxyl groups excluding tert-OH is 1. The smallest absolute Gasteiger partial charge is 0.315 e. The minimum Gasteiger partial charge on any atom is -0.465 e. The van der Waals surface area contributed by atoms with E-state index in [1.807, 2.05) is 0 Å². The fourth-order valence-corrected chi connectivity index (χ4v) is 1.66. The van der Waals surface area contributed by atoms with Gasteiger partial charge in [-0.25, -0.2) is 4.39 Å². The van der Waals surface area contributed by atoms with Crippen LogP contribution in [0.3, 0.4) is 0 Å². The van der Waals surface area contributed by atoms with Crippen LogP contribution >= 0.6 is 11.6 Å². The summed E-state index contributed by atoms with van der Waals surface area (Å²) in [6, 6.07) is 4.08. The number of rotatable bonds is 4. The first-order valence-corrected chi connectivity index (χ1v) is 5.21. The predicted molar refractivity (Wildman–Crippen MR) is 57.9 cm³/mol. The minimum atomic E-state index is -1.08. The Morgan fingerprint density at radius 1 is 1.62 bits per heavy atom. The van der Waals surface area contributed by atoms with Gasteiger partial charge >= 0.3 is 5.97 Å². The maximum atomic E-state index is 13.5. The summed E-state index contributed by atoms with van der Waals surface area (Å²) < 4.78 is 18.2. The number of esters is 1. The highest BCUT2D eigenvalue weighted by Crippen LogP contribution is 2.28. The normalized spacial score (nSPS) is 12.2. The van der Waals surface area contributed by atoms with Crippen molar-refractivity contribution in [3.8, 4) is 0 Å². The highest BCUT2D eigenvalue weighted by molar-refractivity contribution is 6.31. The van der Waals surface area contributed by atoms with Crippen molar-refractivity contribution in [1.82, 2.24) is 0 Å². The third-order valence-electron chi connectivity index (χ3n) is 2.10. The van der Waals surface area contributed by atoms with Crippen LogP contribution in [0.4, 0.5) is 4.39 Å². The summed E-state index contributed by atoms with van der Waals surface area (Å²) in [6.45, 7) is 1.26. The summed E-state index contributed by atoms with van der Waals surface area (Å²) in [5, 5.41) is 9.20. The van der Waals surface area contributed by atoms with E-state index in [1.165, 1.54) is 18.2 Å². The molecule has 88 valence electrons. The molecule has 1 aromatic carbocycles. The third-order valence-corrected chi connectivity index (χ3v) is 2.43. The van der Waals surface area contributed by atoms with Gasteiger partial charge in [-0.05, 0) is 19.1 Å². The molecule has 1 aromatic rings. The number of hydrogen-bond acceptors (Lipinski definition) is 3. The average Bonchev–Trinajstić information content (AvgIpc) is 2.24. The van der Waals surface area contributed by atoms with Gasteiger partial charge in [0.2, 0.25) is 0 Å². The Morgan fingerprint density at radius 3 is 2.81 bits per heavy atom. The molecule has 0 saturated carbocycles. The van der Waals surface area contributed by atoms with Crippen LogP contribution in [0, 0.1) is 5.82 Å². The molecule has 1 atom stereocenters. The molecule has 3 nitrogen and oxygen atoms in total. The lowest BCUT2D eigenvalue weighted by Crippen LogP contribution is -2.20. The quantitative estimate of drug-likeness (QED) is 0.828. The zero-order chi connectivity index (χ0) is 12.1. The van der Waals surface area contributed by atoms with E-state index in [-0.39, 0.29) is 17.2 Å². The summed E-state index contributed by atoms with van der Waals surface area (Å²) in [5.41, 5.74) is -0.0230. The lowest BCUT2D eigenvalue weighted by molar-refractivity contribution is -0.146. The first-order valence-electron chi connectivity index (χ1n) is 4.83. The molecule has 0 bridgehead atoms. The van der Waals surface area contributed by atoms with E-state index in [1.54, 1.807) is 6.92 Å². The fourth-order valence-electron chi connectivity index (χ4n) is 1.37. The fraction of sp³-hybridized carbons (Fsp3) is 0.364. The van der Waals surface area contributed by atoms with Crippen LogP contribution in [0.5, 0.6) is 0 Å². The van der Waals surface area contributed by atoms with Crippen LogP contribution in [0.2, 0.25) is 5.02 Å². The summed E-state index contributed by atoms with van der Waals surface area (Å²) >= 11 is 5.79. The number of hydrogen-bond donors (Lipinski definition) is 1. The molecule has 0 unspecified atom stereocenters. The van der Waals surface area contributed by atoms with Crippen molar-refractivity contribution in [2.75, 3.05) is 13.2 Å². The van der Waals surface area contributed by atoms with E-state index < -0.39 is 24.3 Å². The van der Waals surface area contributed by atoms with Crippen molar-refractivity contribution < 1.29 is 19.0 Å². The second-order valence-electron chi connectivity index (χ2n) is 3.12. The molecule has 16 heavy (non-hydrogen) atoms. The van der Waals surface area contributed by atoms with E-state index >= 15 is 0 Å². The number of carbonyl (C=O) groups is 1. The zero-order valence-corrected chi connectivity index (χ0v) is 9.50. The second kappa shape index (κ2) is 5.82. The molecule has 1 rings (SSSR count). The standard InChI is InChI=1S/C11H12ClFO3/c1-2-16-11(15)7(6-14)10-8(12)4-3-5-9(10)13/h3-5,7,14H,2,6H2,1H3/t7-/m1/s1. The van der Waals surface area contributed by atoms with Gasteiger partial charge < -0.3 is 9.84 Å². The second-order valence-corrected chi connectivity index (χ2v) is 3.53. The Hall–Kier alpha value is -1.13. The Bertz CT molecular complexity index is 361. The van der Waals surface area contributed by atoms with Crippen molar-refractivity contribution in [2.45, 2.75) is 12.8 Å². The van der Waals surface area contributed by atoms with Crippen molar-refractivity contribution in [2.24, 2.45) is 0 Å². The molecule has 0 radical (unpaired) electrons. The maximum absolute atomic E-state index is 13.5. The van der Waals surface area contributed by atoms with Crippen LogP contribution in [0.1, 0.15) is 18.4 Å². The topological polar surface area (TPSA) is 46.5 Å². The summed E-state index contributed by atoms with van der Waals surface area (Å²) in [7, 11) is 0. The molecule has 0 fully saturated rings. The van der Waals surface area contributed by atoms with Crippen LogP contribution < -0.4 is 0 Å². The lowest BCUT2D eigenvalue weighted by Gasteiger charge is -2.15. The lowest BCUT2D eigenvalue weighted by atomic mass is 9.99. The molecule has 0 aliphatic carbocycles. The number of halogens is 2. The number of aliphatic hydroxyl groups is 1. The predicted octanol–water partition coefficient (Wildman–Crippen LogP) is 2.12. The van der Waals surface area contributed by atoms with Gasteiger partial charge in [0.1, 0.15) is 11.7 Å². The minimum absolute atomic E-state index is 0.0230. The van der Waals surface area contributed by atoms with Crippen molar-refractivity contribution in [3.05, 3.63) is 34.6 Å². The Balaban J connectivity index is 3.08. The molecule has 0 amide bonds. The first-order chi connectivity index (χ1) is 7.61. The van der Waals surface area contributed by atoms with Crippen LogP contribution in [0.15, 0.2) is 18.2 Å². The van der Waals surface area contributed by atoms with Crippen LogP contribution in [-0.4, -0.2) is 24.3 Å². The summed E-state index contributed by atoms with van der Waals surface area (Å²) in [5.74, 6) is -2.38. The number of carbonyl (C=O) groups excluding carboxylic acids is 1. The number of benzene rings is 1. The zero-order valence-electron chi connectivity index (χ0n) is 8.74. The van der Waals surface area contributed by atoms with Crippen LogP contribution in [-0.2, 0) is 9.53 Å². The molecule has 0 aromatic heterocycles. The average molecular weight is 247 g/mol. The first kappa shape index (κ1) is 12.9. The highest BCUT2D eigenvalue weighted by atomic mass is 35.5. The van der Waals surface area contributed by atoms with E-state index in [9.17, 15) is 9.18 Å². The molecular weight excluding hydrogens is 235 g/mol. The van der Waals surface area contributed by atoms with Gasteiger partial charge in [-0.2, -0.15) is 0 Å². The monoisotopic (exact) mass is 246 g/mol. The molecule has 0 aliphatic rings. The summed E-state index contributed by atoms with van der Waals surface area (Å²) in [6.07, 6.45) is 0. The van der Waals surface area contributed by atoms with Gasteiger partial charge in [-0.1, -0.05) is 17.7 Å². The van der Waals surface area contributed by atoms with Crippen molar-refractivity contribution in [3.63, 3.8) is 0 Å². The maximum Gasteiger partial charge on any atom is 0.315 e. The van der Waals surface area contributed by atoms with Crippen LogP contribution in [0.25, 0.3) is 0 Å². The van der Waals surface area contributed by atoms with E-state index in [4.69, 9.17) is 21.4 Å². The SMILES string of the molecule is CCOC(=O)[C@H](CO)c1c(F)cccc1Cl. The molecule has 0 heterocycles. The van der Waals surface area contributed by atoms with Gasteiger partial charge in [0, 0.05) is 10.6 Å². The van der Waals surface area contributed by atoms with Crippen molar-refractivity contribution >= 4 is 17.6 Å². The molecule has 5 heteroatoms. The van der Waals surface area contributed by atoms with Gasteiger partial charge in [0.25, 0.3) is 0 Å². The molecule has 1 N–H and O–H groups in total. The Kier molecular flexibility index (Phi) is 4.71. The Morgan fingerprint density at radius 2 is 2.31 bits per heavy atom. The van der Waals surface area contributed by atoms with Gasteiger partial charge in [-0.15, -0.1) is 0 Å².